The molecule has 106 valence electrons. The van der Waals surface area contributed by atoms with Crippen molar-refractivity contribution >= 4 is 39.0 Å². The van der Waals surface area contributed by atoms with Crippen LogP contribution in [0, 0.1) is 0 Å². The monoisotopic (exact) mass is 306 g/mol. The molecule has 4 rings (SSSR count). The van der Waals surface area contributed by atoms with Crippen LogP contribution in [0.3, 0.4) is 0 Å². The van der Waals surface area contributed by atoms with E-state index in [1.807, 2.05) is 30.0 Å². The van der Waals surface area contributed by atoms with E-state index >= 15 is 0 Å². The van der Waals surface area contributed by atoms with Crippen molar-refractivity contribution in [2.45, 2.75) is 47.3 Å². The zero-order chi connectivity index (χ0) is 13.6. The van der Waals surface area contributed by atoms with Crippen LogP contribution < -0.4 is 5.73 Å². The number of anilines is 1. The molecule has 1 unspecified atom stereocenters. The Labute approximate surface area is 126 Å². The van der Waals surface area contributed by atoms with E-state index in [9.17, 15) is 0 Å². The lowest BCUT2D eigenvalue weighted by atomic mass is 9.75. The van der Waals surface area contributed by atoms with E-state index in [2.05, 4.69) is 0 Å². The summed E-state index contributed by atoms with van der Waals surface area (Å²) in [7, 11) is 0. The van der Waals surface area contributed by atoms with Crippen molar-refractivity contribution in [3.8, 4) is 0 Å². The molecule has 1 aromatic heterocycles. The van der Waals surface area contributed by atoms with Gasteiger partial charge >= 0.3 is 0 Å². The van der Waals surface area contributed by atoms with E-state index in [4.69, 9.17) is 15.5 Å². The van der Waals surface area contributed by atoms with Gasteiger partial charge in [-0.3, -0.25) is 0 Å². The molecular formula is C15H18N2OS2. The third kappa shape index (κ3) is 2.32. The second-order valence-electron chi connectivity index (χ2n) is 5.82. The molecule has 20 heavy (non-hydrogen) atoms. The molecule has 1 saturated heterocycles. The zero-order valence-corrected chi connectivity index (χ0v) is 12.9. The molecule has 2 aromatic rings. The highest BCUT2D eigenvalue weighted by molar-refractivity contribution is 8.01. The van der Waals surface area contributed by atoms with Crippen molar-refractivity contribution in [2.75, 3.05) is 12.3 Å². The van der Waals surface area contributed by atoms with Gasteiger partial charge in [0, 0.05) is 17.5 Å². The smallest absolute Gasteiger partial charge is 0.151 e. The van der Waals surface area contributed by atoms with Gasteiger partial charge < -0.3 is 10.5 Å². The van der Waals surface area contributed by atoms with Crippen molar-refractivity contribution in [3.05, 3.63) is 18.2 Å². The summed E-state index contributed by atoms with van der Waals surface area (Å²) in [5, 5.41) is 0.655. The predicted octanol–water partition coefficient (Wildman–Crippen LogP) is 4.07. The van der Waals surface area contributed by atoms with Crippen molar-refractivity contribution in [1.82, 2.24) is 4.98 Å². The first-order valence-corrected chi connectivity index (χ1v) is 8.89. The SMILES string of the molecule is Nc1ccc2nc(SC3CCOC4(CCC4)C3)sc2c1. The summed E-state index contributed by atoms with van der Waals surface area (Å²) < 4.78 is 8.36. The second kappa shape index (κ2) is 4.90. The number of nitrogens with two attached hydrogens (primary N) is 1. The number of nitrogen functional groups attached to an aromatic ring is 1. The van der Waals surface area contributed by atoms with Gasteiger partial charge in [0.05, 0.1) is 15.8 Å². The largest absolute Gasteiger partial charge is 0.399 e. The summed E-state index contributed by atoms with van der Waals surface area (Å²) in [6.07, 6.45) is 6.17. The molecule has 1 aliphatic heterocycles. The Morgan fingerprint density at radius 2 is 2.30 bits per heavy atom. The summed E-state index contributed by atoms with van der Waals surface area (Å²) in [6, 6.07) is 5.96. The Morgan fingerprint density at radius 1 is 1.40 bits per heavy atom. The van der Waals surface area contributed by atoms with Crippen LogP contribution in [0.5, 0.6) is 0 Å². The number of thioether (sulfide) groups is 1. The molecule has 3 nitrogen and oxygen atoms in total. The standard InChI is InChI=1S/C15H18N2OS2/c16-10-2-3-12-13(8-10)20-14(17-12)19-11-4-7-18-15(9-11)5-1-6-15/h2-3,8,11H,1,4-7,9,16H2. The number of nitrogens with zero attached hydrogens (tertiary/aromatic N) is 1. The molecule has 5 heteroatoms. The second-order valence-corrected chi connectivity index (χ2v) is 8.40. The summed E-state index contributed by atoms with van der Waals surface area (Å²) in [5.74, 6) is 0. The normalized spacial score (nSPS) is 24.9. The molecule has 2 N–H and O–H groups in total. The van der Waals surface area contributed by atoms with Crippen LogP contribution in [0.15, 0.2) is 22.5 Å². The minimum Gasteiger partial charge on any atom is -0.399 e. The summed E-state index contributed by atoms with van der Waals surface area (Å²) in [6.45, 7) is 0.912. The average Bonchev–Trinajstić information content (AvgIpc) is 2.78. The maximum absolute atomic E-state index is 6.00. The van der Waals surface area contributed by atoms with Gasteiger partial charge in [0.2, 0.25) is 0 Å². The van der Waals surface area contributed by atoms with Crippen molar-refractivity contribution in [3.63, 3.8) is 0 Å². The Hall–Kier alpha value is -0.780. The molecule has 2 aliphatic rings. The topological polar surface area (TPSA) is 48.1 Å². The molecule has 0 radical (unpaired) electrons. The highest BCUT2D eigenvalue weighted by Gasteiger charge is 2.42. The maximum Gasteiger partial charge on any atom is 0.151 e. The fourth-order valence-corrected chi connectivity index (χ4v) is 5.77. The number of fused-ring (bicyclic) bond motifs is 1. The molecule has 2 fully saturated rings. The fraction of sp³-hybridized carbons (Fsp3) is 0.533. The third-order valence-corrected chi connectivity index (χ3v) is 6.75. The zero-order valence-electron chi connectivity index (χ0n) is 11.3. The van der Waals surface area contributed by atoms with Crippen LogP contribution >= 0.6 is 23.1 Å². The predicted molar refractivity (Wildman–Crippen MR) is 85.4 cm³/mol. The number of aromatic nitrogens is 1. The van der Waals surface area contributed by atoms with Crippen LogP contribution in [0.1, 0.15) is 32.1 Å². The van der Waals surface area contributed by atoms with Crippen molar-refractivity contribution < 1.29 is 4.74 Å². The van der Waals surface area contributed by atoms with Crippen molar-refractivity contribution in [1.29, 1.82) is 0 Å². The van der Waals surface area contributed by atoms with Gasteiger partial charge in [0.15, 0.2) is 4.34 Å². The van der Waals surface area contributed by atoms with Crippen LogP contribution in [-0.4, -0.2) is 22.4 Å². The minimum atomic E-state index is 0.219. The Balaban J connectivity index is 1.52. The molecule has 1 saturated carbocycles. The Morgan fingerprint density at radius 3 is 3.10 bits per heavy atom. The fourth-order valence-electron chi connectivity index (χ4n) is 3.12. The van der Waals surface area contributed by atoms with E-state index < -0.39 is 0 Å². The van der Waals surface area contributed by atoms with Gasteiger partial charge in [0.25, 0.3) is 0 Å². The molecular weight excluding hydrogens is 288 g/mol. The van der Waals surface area contributed by atoms with Gasteiger partial charge in [-0.05, 0) is 50.3 Å². The lowest BCUT2D eigenvalue weighted by Crippen LogP contribution is -2.46. The molecule has 1 atom stereocenters. The Kier molecular flexibility index (Phi) is 3.16. The molecule has 1 aromatic carbocycles. The van der Waals surface area contributed by atoms with Crippen LogP contribution in [-0.2, 0) is 4.74 Å². The highest BCUT2D eigenvalue weighted by Crippen LogP contribution is 2.47. The summed E-state index contributed by atoms with van der Waals surface area (Å²) in [5.41, 5.74) is 7.94. The Bertz CT molecular complexity index is 636. The highest BCUT2D eigenvalue weighted by atomic mass is 32.2. The number of hydrogen-bond donors (Lipinski definition) is 1. The van der Waals surface area contributed by atoms with Crippen LogP contribution in [0.4, 0.5) is 5.69 Å². The number of benzene rings is 1. The van der Waals surface area contributed by atoms with Crippen LogP contribution in [0.25, 0.3) is 10.2 Å². The van der Waals surface area contributed by atoms with Crippen LogP contribution in [0.2, 0.25) is 0 Å². The minimum absolute atomic E-state index is 0.219. The van der Waals surface area contributed by atoms with Gasteiger partial charge in [-0.2, -0.15) is 0 Å². The lowest BCUT2D eigenvalue weighted by molar-refractivity contribution is -0.125. The summed E-state index contributed by atoms with van der Waals surface area (Å²) >= 11 is 3.70. The van der Waals surface area contributed by atoms with Gasteiger partial charge in [-0.1, -0.05) is 11.8 Å². The van der Waals surface area contributed by atoms with E-state index in [0.717, 1.165) is 24.2 Å². The van der Waals surface area contributed by atoms with Gasteiger partial charge in [-0.15, -0.1) is 11.3 Å². The van der Waals surface area contributed by atoms with Gasteiger partial charge in [-0.25, -0.2) is 4.98 Å². The maximum atomic E-state index is 6.00. The molecule has 1 spiro atoms. The first-order chi connectivity index (χ1) is 9.72. The quantitative estimate of drug-likeness (QED) is 0.850. The van der Waals surface area contributed by atoms with E-state index in [1.54, 1.807) is 11.3 Å². The summed E-state index contributed by atoms with van der Waals surface area (Å²) in [4.78, 5) is 4.72. The van der Waals surface area contributed by atoms with E-state index in [-0.39, 0.29) is 5.60 Å². The number of ether oxygens (including phenoxy) is 1. The van der Waals surface area contributed by atoms with Gasteiger partial charge in [0.1, 0.15) is 0 Å². The van der Waals surface area contributed by atoms with Crippen molar-refractivity contribution in [2.24, 2.45) is 0 Å². The number of hydrogen-bond acceptors (Lipinski definition) is 5. The first kappa shape index (κ1) is 12.9. The molecule has 0 bridgehead atoms. The van der Waals surface area contributed by atoms with E-state index in [0.29, 0.717) is 5.25 Å². The third-order valence-electron chi connectivity index (χ3n) is 4.37. The van der Waals surface area contributed by atoms with E-state index in [1.165, 1.54) is 34.7 Å². The lowest BCUT2D eigenvalue weighted by Gasteiger charge is -2.46. The molecule has 0 amide bonds. The first-order valence-electron chi connectivity index (χ1n) is 7.19. The average molecular weight is 306 g/mol. The molecule has 2 heterocycles. The molecule has 1 aliphatic carbocycles. The number of rotatable bonds is 2. The number of thiazole rings is 1.